The summed E-state index contributed by atoms with van der Waals surface area (Å²) in [6.45, 7) is 2.38. The Morgan fingerprint density at radius 1 is 1.00 bits per heavy atom. The summed E-state index contributed by atoms with van der Waals surface area (Å²) in [5.41, 5.74) is 1.84. The third-order valence-electron chi connectivity index (χ3n) is 3.71. The number of nitrogens with one attached hydrogen (secondary N) is 1. The molecule has 0 fully saturated rings. The lowest BCUT2D eigenvalue weighted by Crippen LogP contribution is -2.22. The van der Waals surface area contributed by atoms with Crippen molar-refractivity contribution in [3.63, 3.8) is 0 Å². The number of anilines is 1. The van der Waals surface area contributed by atoms with Crippen molar-refractivity contribution in [3.05, 3.63) is 84.2 Å². The van der Waals surface area contributed by atoms with Crippen LogP contribution in [0.2, 0.25) is 0 Å². The predicted octanol–water partition coefficient (Wildman–Crippen LogP) is 3.65. The fourth-order valence-electron chi connectivity index (χ4n) is 2.62. The number of amides is 1. The first-order valence-electron chi connectivity index (χ1n) is 8.13. The van der Waals surface area contributed by atoms with Gasteiger partial charge in [0, 0.05) is 6.07 Å². The van der Waals surface area contributed by atoms with Crippen LogP contribution in [0.25, 0.3) is 0 Å². The van der Waals surface area contributed by atoms with Gasteiger partial charge < -0.3 is 10.1 Å². The number of aromatic nitrogens is 2. The number of ether oxygens (including phenoxy) is 1. The van der Waals surface area contributed by atoms with Gasteiger partial charge in [0.25, 0.3) is 0 Å². The normalized spacial score (nSPS) is 10.5. The second-order valence-electron chi connectivity index (χ2n) is 5.42. The fourth-order valence-corrected chi connectivity index (χ4v) is 2.62. The van der Waals surface area contributed by atoms with E-state index in [1.807, 2.05) is 67.6 Å². The summed E-state index contributed by atoms with van der Waals surface area (Å²) in [6.07, 6.45) is 1.38. The smallest absolute Gasteiger partial charge is 0.237 e. The van der Waals surface area contributed by atoms with E-state index in [2.05, 4.69) is 15.3 Å². The Kier molecular flexibility index (Phi) is 5.36. The van der Waals surface area contributed by atoms with Crippen LogP contribution < -0.4 is 10.1 Å². The van der Waals surface area contributed by atoms with E-state index in [0.29, 0.717) is 18.3 Å². The zero-order valence-electron chi connectivity index (χ0n) is 13.9. The molecule has 0 radical (unpaired) electrons. The van der Waals surface area contributed by atoms with Gasteiger partial charge in [-0.15, -0.1) is 0 Å². The van der Waals surface area contributed by atoms with Crippen LogP contribution in [0.15, 0.2) is 73.1 Å². The highest BCUT2D eigenvalue weighted by molar-refractivity contribution is 5.97. The quantitative estimate of drug-likeness (QED) is 0.748. The van der Waals surface area contributed by atoms with Crippen LogP contribution in [0.4, 0.5) is 5.82 Å². The highest BCUT2D eigenvalue weighted by Crippen LogP contribution is 2.26. The van der Waals surface area contributed by atoms with E-state index in [1.54, 1.807) is 6.07 Å². The van der Waals surface area contributed by atoms with E-state index in [4.69, 9.17) is 4.74 Å². The highest BCUT2D eigenvalue weighted by atomic mass is 16.5. The van der Waals surface area contributed by atoms with Gasteiger partial charge in [-0.3, -0.25) is 4.79 Å². The summed E-state index contributed by atoms with van der Waals surface area (Å²) < 4.78 is 5.36. The minimum atomic E-state index is -0.423. The SMILES string of the molecule is CCOc1cc(NC(=O)C(c2ccccc2)c2ccccc2)ncn1. The molecule has 1 amide bonds. The monoisotopic (exact) mass is 333 g/mol. The Morgan fingerprint density at radius 3 is 2.16 bits per heavy atom. The molecule has 3 rings (SSSR count). The molecule has 1 heterocycles. The minimum absolute atomic E-state index is 0.154. The molecule has 0 aliphatic rings. The van der Waals surface area contributed by atoms with Crippen molar-refractivity contribution in [2.24, 2.45) is 0 Å². The fraction of sp³-hybridized carbons (Fsp3) is 0.150. The van der Waals surface area contributed by atoms with Crippen molar-refractivity contribution < 1.29 is 9.53 Å². The maximum atomic E-state index is 13.0. The minimum Gasteiger partial charge on any atom is -0.478 e. The first kappa shape index (κ1) is 16.6. The topological polar surface area (TPSA) is 64.1 Å². The molecular formula is C20H19N3O2. The van der Waals surface area contributed by atoms with Gasteiger partial charge >= 0.3 is 0 Å². The summed E-state index contributed by atoms with van der Waals surface area (Å²) >= 11 is 0. The van der Waals surface area contributed by atoms with Gasteiger partial charge in [0.1, 0.15) is 12.1 Å². The second-order valence-corrected chi connectivity index (χ2v) is 5.42. The number of hydrogen-bond acceptors (Lipinski definition) is 4. The third-order valence-corrected chi connectivity index (χ3v) is 3.71. The summed E-state index contributed by atoms with van der Waals surface area (Å²) in [5.74, 6) is 0.274. The lowest BCUT2D eigenvalue weighted by molar-refractivity contribution is -0.116. The third kappa shape index (κ3) is 4.20. The van der Waals surface area contributed by atoms with Gasteiger partial charge in [0.2, 0.25) is 11.8 Å². The average Bonchev–Trinajstić information content (AvgIpc) is 2.64. The van der Waals surface area contributed by atoms with Gasteiger partial charge in [-0.2, -0.15) is 0 Å². The summed E-state index contributed by atoms with van der Waals surface area (Å²) in [4.78, 5) is 21.1. The van der Waals surface area contributed by atoms with Gasteiger partial charge in [0.05, 0.1) is 12.5 Å². The van der Waals surface area contributed by atoms with Gasteiger partial charge in [-0.05, 0) is 18.1 Å². The Morgan fingerprint density at radius 2 is 1.60 bits per heavy atom. The lowest BCUT2D eigenvalue weighted by Gasteiger charge is -2.17. The molecule has 0 bridgehead atoms. The van der Waals surface area contributed by atoms with E-state index >= 15 is 0 Å². The van der Waals surface area contributed by atoms with Crippen molar-refractivity contribution >= 4 is 11.7 Å². The van der Waals surface area contributed by atoms with Crippen LogP contribution in [0.1, 0.15) is 24.0 Å². The molecule has 0 saturated heterocycles. The van der Waals surface area contributed by atoms with E-state index in [-0.39, 0.29) is 5.91 Å². The van der Waals surface area contributed by atoms with E-state index < -0.39 is 5.92 Å². The average molecular weight is 333 g/mol. The molecule has 1 aromatic heterocycles. The van der Waals surface area contributed by atoms with Crippen LogP contribution in [0, 0.1) is 0 Å². The standard InChI is InChI=1S/C20H19N3O2/c1-2-25-18-13-17(21-14-22-18)23-20(24)19(15-9-5-3-6-10-15)16-11-7-4-8-12-16/h3-14,19H,2H2,1H3,(H,21,22,23,24). The first-order chi connectivity index (χ1) is 12.3. The molecule has 2 aromatic carbocycles. The zero-order chi connectivity index (χ0) is 17.5. The molecule has 5 heteroatoms. The number of hydrogen-bond donors (Lipinski definition) is 1. The van der Waals surface area contributed by atoms with E-state index in [0.717, 1.165) is 11.1 Å². The molecular weight excluding hydrogens is 314 g/mol. The van der Waals surface area contributed by atoms with Gasteiger partial charge in [0.15, 0.2) is 0 Å². The Balaban J connectivity index is 1.89. The molecule has 0 saturated carbocycles. The van der Waals surface area contributed by atoms with Crippen molar-refractivity contribution in [1.82, 2.24) is 9.97 Å². The molecule has 0 atom stereocenters. The van der Waals surface area contributed by atoms with Gasteiger partial charge in [-0.25, -0.2) is 9.97 Å². The zero-order valence-corrected chi connectivity index (χ0v) is 13.9. The molecule has 0 spiro atoms. The van der Waals surface area contributed by atoms with Crippen molar-refractivity contribution in [1.29, 1.82) is 0 Å². The summed E-state index contributed by atoms with van der Waals surface area (Å²) in [7, 11) is 0. The number of benzene rings is 2. The number of carbonyl (C=O) groups is 1. The maximum Gasteiger partial charge on any atom is 0.237 e. The molecule has 25 heavy (non-hydrogen) atoms. The number of rotatable bonds is 6. The molecule has 5 nitrogen and oxygen atoms in total. The predicted molar refractivity (Wildman–Crippen MR) is 96.6 cm³/mol. The van der Waals surface area contributed by atoms with Gasteiger partial charge in [-0.1, -0.05) is 60.7 Å². The molecule has 1 N–H and O–H groups in total. The molecule has 126 valence electrons. The van der Waals surface area contributed by atoms with Crippen LogP contribution in [0.5, 0.6) is 5.88 Å². The van der Waals surface area contributed by atoms with Crippen LogP contribution in [-0.2, 0) is 4.79 Å². The Labute approximate surface area is 146 Å². The molecule has 0 aliphatic heterocycles. The molecule has 0 aliphatic carbocycles. The van der Waals surface area contributed by atoms with E-state index in [9.17, 15) is 4.79 Å². The number of carbonyl (C=O) groups excluding carboxylic acids is 1. The molecule has 3 aromatic rings. The summed E-state index contributed by atoms with van der Waals surface area (Å²) in [6, 6.07) is 21.0. The van der Waals surface area contributed by atoms with Crippen LogP contribution in [-0.4, -0.2) is 22.5 Å². The summed E-state index contributed by atoms with van der Waals surface area (Å²) in [5, 5.41) is 2.87. The first-order valence-corrected chi connectivity index (χ1v) is 8.13. The maximum absolute atomic E-state index is 13.0. The molecule has 0 unspecified atom stereocenters. The van der Waals surface area contributed by atoms with Crippen molar-refractivity contribution in [2.45, 2.75) is 12.8 Å². The largest absolute Gasteiger partial charge is 0.478 e. The highest BCUT2D eigenvalue weighted by Gasteiger charge is 2.23. The van der Waals surface area contributed by atoms with Crippen molar-refractivity contribution in [3.8, 4) is 5.88 Å². The lowest BCUT2D eigenvalue weighted by atomic mass is 9.90. The Bertz CT molecular complexity index is 783. The van der Waals surface area contributed by atoms with Crippen molar-refractivity contribution in [2.75, 3.05) is 11.9 Å². The van der Waals surface area contributed by atoms with Crippen LogP contribution in [0.3, 0.4) is 0 Å². The van der Waals surface area contributed by atoms with Crippen LogP contribution >= 0.6 is 0 Å². The Hall–Kier alpha value is -3.21. The number of nitrogens with zero attached hydrogens (tertiary/aromatic N) is 2. The van der Waals surface area contributed by atoms with E-state index in [1.165, 1.54) is 6.33 Å². The second kappa shape index (κ2) is 8.06.